The van der Waals surface area contributed by atoms with Crippen molar-refractivity contribution in [1.82, 2.24) is 9.97 Å². The Morgan fingerprint density at radius 3 is 2.61 bits per heavy atom. The molecule has 0 bridgehead atoms. The number of halogens is 1. The summed E-state index contributed by atoms with van der Waals surface area (Å²) in [6.07, 6.45) is 0. The number of ether oxygens (including phenoxy) is 3. The van der Waals surface area contributed by atoms with Gasteiger partial charge in [-0.25, -0.2) is 9.78 Å². The van der Waals surface area contributed by atoms with Crippen molar-refractivity contribution in [2.24, 2.45) is 0 Å². The molecule has 0 radical (unpaired) electrons. The largest absolute Gasteiger partial charge is 0.490 e. The van der Waals surface area contributed by atoms with E-state index in [1.165, 1.54) is 0 Å². The van der Waals surface area contributed by atoms with Crippen LogP contribution in [0.2, 0.25) is 0 Å². The van der Waals surface area contributed by atoms with Gasteiger partial charge in [0.15, 0.2) is 18.1 Å². The zero-order valence-corrected chi connectivity index (χ0v) is 17.0. The molecule has 0 amide bonds. The van der Waals surface area contributed by atoms with Crippen LogP contribution in [-0.2, 0) is 9.53 Å². The Bertz CT molecular complexity index is 1060. The number of para-hydroxylation sites is 1. The second kappa shape index (κ2) is 8.88. The third kappa shape index (κ3) is 4.33. The van der Waals surface area contributed by atoms with E-state index in [1.54, 1.807) is 37.3 Å². The summed E-state index contributed by atoms with van der Waals surface area (Å²) in [7, 11) is 0. The number of rotatable bonds is 7. The SMILES string of the molecule is CCOC(=O)COc1cc(Br)c(-c2nc3ccccc3c(=O)[nH]2)cc1OCC. The van der Waals surface area contributed by atoms with Crippen molar-refractivity contribution in [2.75, 3.05) is 19.8 Å². The van der Waals surface area contributed by atoms with Crippen molar-refractivity contribution >= 4 is 32.8 Å². The average molecular weight is 447 g/mol. The standard InChI is InChI=1S/C20H19BrN2O5/c1-3-26-16-9-13(14(21)10-17(16)28-11-18(24)27-4-2)19-22-15-8-6-5-7-12(15)20(25)23-19/h5-10H,3-4,11H2,1-2H3,(H,22,23,25). The maximum Gasteiger partial charge on any atom is 0.344 e. The molecule has 8 heteroatoms. The molecule has 1 N–H and O–H groups in total. The number of H-pyrrole nitrogens is 1. The molecule has 0 aliphatic heterocycles. The van der Waals surface area contributed by atoms with E-state index in [-0.39, 0.29) is 18.8 Å². The molecule has 28 heavy (non-hydrogen) atoms. The Labute approximate surface area is 169 Å². The number of fused-ring (bicyclic) bond motifs is 1. The normalized spacial score (nSPS) is 10.7. The van der Waals surface area contributed by atoms with Crippen LogP contribution >= 0.6 is 15.9 Å². The van der Waals surface area contributed by atoms with Gasteiger partial charge >= 0.3 is 5.97 Å². The highest BCUT2D eigenvalue weighted by molar-refractivity contribution is 9.10. The summed E-state index contributed by atoms with van der Waals surface area (Å²) >= 11 is 3.48. The highest BCUT2D eigenvalue weighted by Gasteiger charge is 2.16. The molecule has 2 aromatic carbocycles. The van der Waals surface area contributed by atoms with E-state index in [1.807, 2.05) is 13.0 Å². The molecule has 0 saturated carbocycles. The van der Waals surface area contributed by atoms with Crippen LogP contribution in [0.3, 0.4) is 0 Å². The van der Waals surface area contributed by atoms with Gasteiger partial charge in [0.2, 0.25) is 0 Å². The van der Waals surface area contributed by atoms with Gasteiger partial charge in [-0.15, -0.1) is 0 Å². The molecular formula is C20H19BrN2O5. The van der Waals surface area contributed by atoms with Gasteiger partial charge in [-0.05, 0) is 54.0 Å². The van der Waals surface area contributed by atoms with Crippen LogP contribution in [0.25, 0.3) is 22.3 Å². The number of carbonyl (C=O) groups is 1. The molecule has 0 spiro atoms. The van der Waals surface area contributed by atoms with Gasteiger partial charge in [0.1, 0.15) is 5.82 Å². The van der Waals surface area contributed by atoms with Crippen molar-refractivity contribution in [3.05, 3.63) is 51.2 Å². The van der Waals surface area contributed by atoms with E-state index in [0.717, 1.165) is 0 Å². The van der Waals surface area contributed by atoms with Crippen LogP contribution in [0.15, 0.2) is 45.7 Å². The lowest BCUT2D eigenvalue weighted by Gasteiger charge is -2.14. The van der Waals surface area contributed by atoms with E-state index in [4.69, 9.17) is 14.2 Å². The second-order valence-corrected chi connectivity index (χ2v) is 6.59. The Morgan fingerprint density at radius 2 is 1.86 bits per heavy atom. The summed E-state index contributed by atoms with van der Waals surface area (Å²) < 4.78 is 16.7. The van der Waals surface area contributed by atoms with Crippen molar-refractivity contribution in [3.63, 3.8) is 0 Å². The van der Waals surface area contributed by atoms with Gasteiger partial charge < -0.3 is 19.2 Å². The molecule has 0 atom stereocenters. The van der Waals surface area contributed by atoms with Gasteiger partial charge in [-0.1, -0.05) is 12.1 Å². The fourth-order valence-corrected chi connectivity index (χ4v) is 3.16. The number of benzene rings is 2. The summed E-state index contributed by atoms with van der Waals surface area (Å²) in [5.41, 5.74) is 0.997. The first-order valence-electron chi connectivity index (χ1n) is 8.77. The fourth-order valence-electron chi connectivity index (χ4n) is 2.65. The number of esters is 1. The highest BCUT2D eigenvalue weighted by Crippen LogP contribution is 2.37. The van der Waals surface area contributed by atoms with Crippen LogP contribution in [0, 0.1) is 0 Å². The van der Waals surface area contributed by atoms with E-state index in [0.29, 0.717) is 44.9 Å². The molecule has 7 nitrogen and oxygen atoms in total. The molecule has 0 aliphatic carbocycles. The van der Waals surface area contributed by atoms with Crippen molar-refractivity contribution in [1.29, 1.82) is 0 Å². The first-order chi connectivity index (χ1) is 13.5. The number of hydrogen-bond acceptors (Lipinski definition) is 6. The lowest BCUT2D eigenvalue weighted by atomic mass is 10.1. The summed E-state index contributed by atoms with van der Waals surface area (Å²) in [6.45, 7) is 4.02. The smallest absolute Gasteiger partial charge is 0.344 e. The fraction of sp³-hybridized carbons (Fsp3) is 0.250. The molecule has 3 aromatic rings. The molecule has 0 saturated heterocycles. The minimum absolute atomic E-state index is 0.229. The summed E-state index contributed by atoms with van der Waals surface area (Å²) in [5.74, 6) is 0.744. The van der Waals surface area contributed by atoms with Crippen LogP contribution in [0.1, 0.15) is 13.8 Å². The highest BCUT2D eigenvalue weighted by atomic mass is 79.9. The lowest BCUT2D eigenvalue weighted by Crippen LogP contribution is -2.15. The van der Waals surface area contributed by atoms with Crippen LogP contribution in [0.4, 0.5) is 0 Å². The molecule has 146 valence electrons. The second-order valence-electron chi connectivity index (χ2n) is 5.74. The zero-order valence-electron chi connectivity index (χ0n) is 15.5. The first kappa shape index (κ1) is 19.9. The maximum atomic E-state index is 12.4. The van der Waals surface area contributed by atoms with Crippen molar-refractivity contribution in [2.45, 2.75) is 13.8 Å². The molecular weight excluding hydrogens is 428 g/mol. The predicted octanol–water partition coefficient (Wildman–Crippen LogP) is 3.69. The lowest BCUT2D eigenvalue weighted by molar-refractivity contribution is -0.145. The van der Waals surface area contributed by atoms with Gasteiger partial charge in [0.25, 0.3) is 5.56 Å². The summed E-state index contributed by atoms with van der Waals surface area (Å²) in [5, 5.41) is 0.516. The average Bonchev–Trinajstić information content (AvgIpc) is 2.68. The Kier molecular flexibility index (Phi) is 6.30. The molecule has 0 fully saturated rings. The number of carbonyl (C=O) groups excluding carboxylic acids is 1. The van der Waals surface area contributed by atoms with Crippen molar-refractivity contribution < 1.29 is 19.0 Å². The molecule has 0 aliphatic rings. The number of nitrogens with one attached hydrogen (secondary N) is 1. The third-order valence-corrected chi connectivity index (χ3v) is 4.51. The van der Waals surface area contributed by atoms with E-state index in [9.17, 15) is 9.59 Å². The molecule has 3 rings (SSSR count). The first-order valence-corrected chi connectivity index (χ1v) is 9.57. The van der Waals surface area contributed by atoms with Gasteiger partial charge in [-0.3, -0.25) is 4.79 Å². The van der Waals surface area contributed by atoms with E-state index >= 15 is 0 Å². The van der Waals surface area contributed by atoms with Gasteiger partial charge in [0.05, 0.1) is 24.1 Å². The number of hydrogen-bond donors (Lipinski definition) is 1. The minimum atomic E-state index is -0.467. The summed E-state index contributed by atoms with van der Waals surface area (Å²) in [4.78, 5) is 31.3. The number of nitrogens with zero attached hydrogens (tertiary/aromatic N) is 1. The topological polar surface area (TPSA) is 90.5 Å². The van der Waals surface area contributed by atoms with Crippen LogP contribution in [-0.4, -0.2) is 35.8 Å². The Balaban J connectivity index is 2.01. The van der Waals surface area contributed by atoms with E-state index in [2.05, 4.69) is 25.9 Å². The van der Waals surface area contributed by atoms with Gasteiger partial charge in [0, 0.05) is 10.0 Å². The van der Waals surface area contributed by atoms with Gasteiger partial charge in [-0.2, -0.15) is 0 Å². The maximum absolute atomic E-state index is 12.4. The molecule has 0 unspecified atom stereocenters. The van der Waals surface area contributed by atoms with Crippen LogP contribution < -0.4 is 15.0 Å². The van der Waals surface area contributed by atoms with Crippen molar-refractivity contribution in [3.8, 4) is 22.9 Å². The third-order valence-electron chi connectivity index (χ3n) is 3.85. The Morgan fingerprint density at radius 1 is 1.11 bits per heavy atom. The Hall–Kier alpha value is -2.87. The van der Waals surface area contributed by atoms with Crippen LogP contribution in [0.5, 0.6) is 11.5 Å². The predicted molar refractivity (Wildman–Crippen MR) is 109 cm³/mol. The quantitative estimate of drug-likeness (QED) is 0.556. The summed E-state index contributed by atoms with van der Waals surface area (Å²) in [6, 6.07) is 10.5. The molecule has 1 heterocycles. The minimum Gasteiger partial charge on any atom is -0.490 e. The monoisotopic (exact) mass is 446 g/mol. The number of aromatic nitrogens is 2. The number of aromatic amines is 1. The van der Waals surface area contributed by atoms with E-state index < -0.39 is 5.97 Å². The molecule has 1 aromatic heterocycles. The zero-order chi connectivity index (χ0) is 20.1.